The second kappa shape index (κ2) is 8.67. The molecule has 0 spiro atoms. The van der Waals surface area contributed by atoms with Crippen LogP contribution in [0.25, 0.3) is 0 Å². The van der Waals surface area contributed by atoms with Gasteiger partial charge in [0.05, 0.1) is 17.8 Å². The number of nitrogens with zero attached hydrogens (tertiary/aromatic N) is 4. The van der Waals surface area contributed by atoms with E-state index in [1.165, 1.54) is 0 Å². The molecule has 7 heteroatoms. The highest BCUT2D eigenvalue weighted by atomic mass is 32.1. The molecule has 1 aliphatic heterocycles. The zero-order valence-electron chi connectivity index (χ0n) is 15.1. The fourth-order valence-corrected chi connectivity index (χ4v) is 4.09. The highest BCUT2D eigenvalue weighted by Gasteiger charge is 2.26. The molecule has 0 unspecified atom stereocenters. The molecule has 0 bridgehead atoms. The van der Waals surface area contributed by atoms with Crippen molar-refractivity contribution in [1.82, 2.24) is 9.80 Å². The number of aliphatic imine (C=N–C) groups is 1. The number of nitriles is 1. The van der Waals surface area contributed by atoms with E-state index in [1.807, 2.05) is 25.1 Å². The first kappa shape index (κ1) is 19.0. The molecular formula is C18H25N5OS. The van der Waals surface area contributed by atoms with Crippen LogP contribution in [0.15, 0.2) is 16.9 Å². The lowest BCUT2D eigenvalue weighted by molar-refractivity contribution is -0.132. The smallest absolute Gasteiger partial charge is 0.224 e. The number of hydrogen-bond donors (Lipinski definition) is 1. The second-order valence-corrected chi connectivity index (χ2v) is 7.05. The number of fused-ring (bicyclic) bond motifs is 1. The Kier molecular flexibility index (Phi) is 6.59. The van der Waals surface area contributed by atoms with Gasteiger partial charge in [0.1, 0.15) is 11.1 Å². The summed E-state index contributed by atoms with van der Waals surface area (Å²) in [6, 6.07) is 2.29. The maximum Gasteiger partial charge on any atom is 0.224 e. The molecule has 1 aliphatic rings. The van der Waals surface area contributed by atoms with Gasteiger partial charge in [0.2, 0.25) is 5.91 Å². The minimum absolute atomic E-state index is 0.152. The van der Waals surface area contributed by atoms with Crippen molar-refractivity contribution in [2.75, 3.05) is 32.0 Å². The van der Waals surface area contributed by atoms with E-state index in [-0.39, 0.29) is 5.91 Å². The maximum atomic E-state index is 12.6. The first-order valence-corrected chi connectivity index (χ1v) is 9.25. The number of nitrogens with one attached hydrogen (secondary N) is 1. The molecular weight excluding hydrogens is 334 g/mol. The highest BCUT2D eigenvalue weighted by Crippen LogP contribution is 2.36. The van der Waals surface area contributed by atoms with Crippen molar-refractivity contribution < 1.29 is 4.79 Å². The Bertz CT molecular complexity index is 716. The van der Waals surface area contributed by atoms with Crippen molar-refractivity contribution in [3.8, 4) is 6.07 Å². The fraction of sp³-hybridized carbons (Fsp3) is 0.500. The van der Waals surface area contributed by atoms with Crippen LogP contribution in [0.1, 0.15) is 36.3 Å². The van der Waals surface area contributed by atoms with Crippen LogP contribution in [0, 0.1) is 11.3 Å². The number of thiophene rings is 1. The third-order valence-electron chi connectivity index (χ3n) is 4.39. The lowest BCUT2D eigenvalue weighted by atomic mass is 10.0. The van der Waals surface area contributed by atoms with Crippen molar-refractivity contribution in [3.63, 3.8) is 0 Å². The number of carbonyl (C=O) groups is 1. The maximum absolute atomic E-state index is 12.6. The van der Waals surface area contributed by atoms with E-state index >= 15 is 0 Å². The van der Waals surface area contributed by atoms with Crippen LogP contribution in [0.4, 0.5) is 5.00 Å². The summed E-state index contributed by atoms with van der Waals surface area (Å²) in [5.41, 5.74) is 2.69. The van der Waals surface area contributed by atoms with E-state index in [9.17, 15) is 10.1 Å². The van der Waals surface area contributed by atoms with Gasteiger partial charge in [-0.25, -0.2) is 0 Å². The third-order valence-corrected chi connectivity index (χ3v) is 5.62. The minimum Gasteiger partial charge on any atom is -0.379 e. The molecule has 2 rings (SSSR count). The minimum atomic E-state index is 0.152. The summed E-state index contributed by atoms with van der Waals surface area (Å²) in [6.07, 6.45) is 3.16. The Hall–Kier alpha value is -2.33. The van der Waals surface area contributed by atoms with E-state index in [2.05, 4.69) is 34.9 Å². The summed E-state index contributed by atoms with van der Waals surface area (Å²) >= 11 is 1.58. The molecule has 2 heterocycles. The van der Waals surface area contributed by atoms with Crippen molar-refractivity contribution in [3.05, 3.63) is 27.9 Å². The molecule has 0 fully saturated rings. The van der Waals surface area contributed by atoms with Gasteiger partial charge in [0.15, 0.2) is 0 Å². The topological polar surface area (TPSA) is 71.7 Å². The van der Waals surface area contributed by atoms with Gasteiger partial charge in [-0.15, -0.1) is 11.3 Å². The molecule has 134 valence electrons. The Labute approximate surface area is 153 Å². The summed E-state index contributed by atoms with van der Waals surface area (Å²) < 4.78 is 0. The quantitative estimate of drug-likeness (QED) is 0.760. The van der Waals surface area contributed by atoms with Crippen LogP contribution >= 0.6 is 11.3 Å². The van der Waals surface area contributed by atoms with Gasteiger partial charge in [-0.2, -0.15) is 5.26 Å². The van der Waals surface area contributed by atoms with Crippen LogP contribution in [-0.4, -0.2) is 49.1 Å². The fourth-order valence-electron chi connectivity index (χ4n) is 2.93. The molecule has 0 aromatic carbocycles. The number of rotatable bonds is 7. The molecule has 0 atom stereocenters. The molecule has 0 saturated heterocycles. The Balaban J connectivity index is 1.99. The van der Waals surface area contributed by atoms with E-state index in [0.29, 0.717) is 26.1 Å². The van der Waals surface area contributed by atoms with Crippen LogP contribution in [-0.2, 0) is 17.8 Å². The number of allylic oxidation sites excluding steroid dienone is 1. The summed E-state index contributed by atoms with van der Waals surface area (Å²) in [5, 5.41) is 13.3. The van der Waals surface area contributed by atoms with Crippen molar-refractivity contribution in [2.45, 2.75) is 33.2 Å². The van der Waals surface area contributed by atoms with Crippen LogP contribution in [0.3, 0.4) is 0 Å². The van der Waals surface area contributed by atoms with Crippen LogP contribution in [0.5, 0.6) is 0 Å². The summed E-state index contributed by atoms with van der Waals surface area (Å²) in [4.78, 5) is 21.6. The predicted molar refractivity (Wildman–Crippen MR) is 103 cm³/mol. The van der Waals surface area contributed by atoms with Crippen molar-refractivity contribution >= 4 is 29.0 Å². The second-order valence-electron chi connectivity index (χ2n) is 5.94. The molecule has 0 saturated carbocycles. The molecule has 1 aromatic heterocycles. The number of amides is 1. The van der Waals surface area contributed by atoms with Gasteiger partial charge in [-0.05, 0) is 32.5 Å². The number of hydrogen-bond acceptors (Lipinski definition) is 6. The number of anilines is 1. The first-order valence-electron chi connectivity index (χ1n) is 8.43. The zero-order chi connectivity index (χ0) is 18.4. The van der Waals surface area contributed by atoms with Crippen LogP contribution in [0.2, 0.25) is 0 Å². The van der Waals surface area contributed by atoms with E-state index in [0.717, 1.165) is 39.7 Å². The Morgan fingerprint density at radius 3 is 2.96 bits per heavy atom. The van der Waals surface area contributed by atoms with E-state index in [4.69, 9.17) is 0 Å². The SMILES string of the molecule is C=N/C(C)=C\N(CC)CCC(=O)N1CCc2c(sc(NC)c2C#N)C1. The van der Waals surface area contributed by atoms with Crippen LogP contribution < -0.4 is 5.32 Å². The average molecular weight is 359 g/mol. The van der Waals surface area contributed by atoms with Gasteiger partial charge in [-0.1, -0.05) is 0 Å². The van der Waals surface area contributed by atoms with Gasteiger partial charge < -0.3 is 15.1 Å². The monoisotopic (exact) mass is 359 g/mol. The lowest BCUT2D eigenvalue weighted by Crippen LogP contribution is -2.37. The lowest BCUT2D eigenvalue weighted by Gasteiger charge is -2.28. The van der Waals surface area contributed by atoms with E-state index in [1.54, 1.807) is 11.3 Å². The summed E-state index contributed by atoms with van der Waals surface area (Å²) in [7, 11) is 1.83. The summed E-state index contributed by atoms with van der Waals surface area (Å²) in [6.45, 7) is 10.2. The van der Waals surface area contributed by atoms with Gasteiger partial charge in [-0.3, -0.25) is 9.79 Å². The normalized spacial score (nSPS) is 13.8. The largest absolute Gasteiger partial charge is 0.379 e. The predicted octanol–water partition coefficient (Wildman–Crippen LogP) is 2.82. The standard InChI is InChI=1S/C18H25N5OS/c1-5-22(11-13(2)20-3)8-7-17(24)23-9-6-14-15(10-19)18(21-4)25-16(14)12-23/h11,21H,3,5-9,12H2,1-2,4H3/b13-11-. The van der Waals surface area contributed by atoms with Crippen molar-refractivity contribution in [2.24, 2.45) is 4.99 Å². The first-order chi connectivity index (χ1) is 12.0. The van der Waals surface area contributed by atoms with Gasteiger partial charge in [0, 0.05) is 44.2 Å². The number of carbonyl (C=O) groups excluding carboxylic acids is 1. The Morgan fingerprint density at radius 2 is 2.36 bits per heavy atom. The third kappa shape index (κ3) is 4.40. The zero-order valence-corrected chi connectivity index (χ0v) is 15.9. The molecule has 1 N–H and O–H groups in total. The average Bonchev–Trinajstić information content (AvgIpc) is 3.01. The molecule has 1 aromatic rings. The van der Waals surface area contributed by atoms with Gasteiger partial charge >= 0.3 is 0 Å². The highest BCUT2D eigenvalue weighted by molar-refractivity contribution is 7.16. The molecule has 25 heavy (non-hydrogen) atoms. The molecule has 0 radical (unpaired) electrons. The molecule has 1 amide bonds. The molecule has 6 nitrogen and oxygen atoms in total. The molecule has 0 aliphatic carbocycles. The van der Waals surface area contributed by atoms with Crippen molar-refractivity contribution in [1.29, 1.82) is 5.26 Å². The van der Waals surface area contributed by atoms with Gasteiger partial charge in [0.25, 0.3) is 0 Å². The van der Waals surface area contributed by atoms with E-state index < -0.39 is 0 Å². The Morgan fingerprint density at radius 1 is 1.60 bits per heavy atom. The summed E-state index contributed by atoms with van der Waals surface area (Å²) in [5.74, 6) is 0.152.